The van der Waals surface area contributed by atoms with Gasteiger partial charge in [-0.2, -0.15) is 0 Å². The van der Waals surface area contributed by atoms with Crippen molar-refractivity contribution in [1.29, 1.82) is 0 Å². The van der Waals surface area contributed by atoms with E-state index < -0.39 is 5.25 Å². The zero-order valence-electron chi connectivity index (χ0n) is 12.7. The minimum absolute atomic E-state index is 0.00965. The molecule has 2 aromatic heterocycles. The van der Waals surface area contributed by atoms with Gasteiger partial charge in [0.15, 0.2) is 0 Å². The van der Waals surface area contributed by atoms with Crippen LogP contribution in [-0.2, 0) is 4.79 Å². The molecule has 1 amide bonds. The average molecular weight is 357 g/mol. The lowest BCUT2D eigenvalue weighted by atomic mass is 10.1. The van der Waals surface area contributed by atoms with Gasteiger partial charge >= 0.3 is 0 Å². The standard InChI is InChI=1S/C17H15N3O2S2/c21-15(18-12-8-9-12)14(11-5-2-1-3-6-11)24-17-20-19-16(22-17)13-7-4-10-23-13/h1-7,10,12,14H,8-9H2,(H,18,21)/t14-/m1/s1. The second-order valence-electron chi connectivity index (χ2n) is 5.54. The van der Waals surface area contributed by atoms with Gasteiger partial charge in [-0.3, -0.25) is 4.79 Å². The van der Waals surface area contributed by atoms with Crippen LogP contribution in [0.5, 0.6) is 0 Å². The highest BCUT2D eigenvalue weighted by molar-refractivity contribution is 8.00. The van der Waals surface area contributed by atoms with Crippen LogP contribution >= 0.6 is 23.1 Å². The Labute approximate surface area is 147 Å². The number of nitrogens with zero attached hydrogens (tertiary/aromatic N) is 2. The maximum absolute atomic E-state index is 12.6. The summed E-state index contributed by atoms with van der Waals surface area (Å²) in [5, 5.41) is 13.2. The van der Waals surface area contributed by atoms with Crippen LogP contribution in [0.1, 0.15) is 23.7 Å². The zero-order valence-corrected chi connectivity index (χ0v) is 14.3. The molecule has 5 nitrogen and oxygen atoms in total. The summed E-state index contributed by atoms with van der Waals surface area (Å²) in [6.07, 6.45) is 2.11. The monoisotopic (exact) mass is 357 g/mol. The van der Waals surface area contributed by atoms with E-state index in [-0.39, 0.29) is 5.91 Å². The lowest BCUT2D eigenvalue weighted by Crippen LogP contribution is -2.29. The molecule has 1 aliphatic rings. The van der Waals surface area contributed by atoms with Crippen molar-refractivity contribution >= 4 is 29.0 Å². The summed E-state index contributed by atoms with van der Waals surface area (Å²) in [4.78, 5) is 13.5. The van der Waals surface area contributed by atoms with E-state index in [4.69, 9.17) is 4.42 Å². The fraction of sp³-hybridized carbons (Fsp3) is 0.235. The molecule has 1 fully saturated rings. The summed E-state index contributed by atoms with van der Waals surface area (Å²) in [5.74, 6) is 0.478. The SMILES string of the molecule is O=C(NC1CC1)[C@H](Sc1nnc(-c2cccs2)o1)c1ccccc1. The summed E-state index contributed by atoms with van der Waals surface area (Å²) < 4.78 is 5.72. The third kappa shape index (κ3) is 3.52. The number of rotatable bonds is 6. The summed E-state index contributed by atoms with van der Waals surface area (Å²) in [6.45, 7) is 0. The number of amides is 1. The van der Waals surface area contributed by atoms with Gasteiger partial charge in [0.25, 0.3) is 11.1 Å². The van der Waals surface area contributed by atoms with Crippen molar-refractivity contribution < 1.29 is 9.21 Å². The molecule has 0 bridgehead atoms. The summed E-state index contributed by atoms with van der Waals surface area (Å²) in [7, 11) is 0. The Balaban J connectivity index is 1.56. The summed E-state index contributed by atoms with van der Waals surface area (Å²) in [5.41, 5.74) is 0.927. The first kappa shape index (κ1) is 15.4. The number of aromatic nitrogens is 2. The number of carbonyl (C=O) groups excluding carboxylic acids is 1. The van der Waals surface area contributed by atoms with E-state index in [0.29, 0.717) is 17.2 Å². The Morgan fingerprint density at radius 1 is 1.21 bits per heavy atom. The number of thiophene rings is 1. The van der Waals surface area contributed by atoms with Gasteiger partial charge in [-0.25, -0.2) is 0 Å². The Morgan fingerprint density at radius 2 is 2.04 bits per heavy atom. The Kier molecular flexibility index (Phi) is 4.36. The van der Waals surface area contributed by atoms with Crippen molar-refractivity contribution in [3.63, 3.8) is 0 Å². The third-order valence-electron chi connectivity index (χ3n) is 3.62. The molecular weight excluding hydrogens is 342 g/mol. The van der Waals surface area contributed by atoms with E-state index in [1.165, 1.54) is 11.8 Å². The van der Waals surface area contributed by atoms with Crippen molar-refractivity contribution in [1.82, 2.24) is 15.5 Å². The fourth-order valence-corrected chi connectivity index (χ4v) is 3.79. The molecule has 24 heavy (non-hydrogen) atoms. The molecule has 1 saturated carbocycles. The summed E-state index contributed by atoms with van der Waals surface area (Å²) >= 11 is 2.83. The van der Waals surface area contributed by atoms with Crippen molar-refractivity contribution in [3.8, 4) is 10.8 Å². The number of hydrogen-bond acceptors (Lipinski definition) is 6. The number of carbonyl (C=O) groups is 1. The van der Waals surface area contributed by atoms with E-state index >= 15 is 0 Å². The Hall–Kier alpha value is -2.12. The highest BCUT2D eigenvalue weighted by atomic mass is 32.2. The van der Waals surface area contributed by atoms with Gasteiger partial charge in [-0.1, -0.05) is 36.4 Å². The quantitative estimate of drug-likeness (QED) is 0.678. The van der Waals surface area contributed by atoms with Crippen LogP contribution in [0, 0.1) is 0 Å². The van der Waals surface area contributed by atoms with Crippen molar-refractivity contribution in [2.45, 2.75) is 29.4 Å². The number of nitrogens with one attached hydrogen (secondary N) is 1. The van der Waals surface area contributed by atoms with Crippen molar-refractivity contribution in [2.24, 2.45) is 0 Å². The molecule has 0 aliphatic heterocycles. The number of thioether (sulfide) groups is 1. The Bertz CT molecular complexity index is 814. The smallest absolute Gasteiger partial charge is 0.278 e. The first-order chi connectivity index (χ1) is 11.8. The molecule has 0 unspecified atom stereocenters. The molecule has 0 saturated heterocycles. The van der Waals surface area contributed by atoms with Gasteiger partial charge in [0.05, 0.1) is 4.88 Å². The predicted molar refractivity (Wildman–Crippen MR) is 93.8 cm³/mol. The van der Waals surface area contributed by atoms with Crippen LogP contribution in [0.15, 0.2) is 57.5 Å². The average Bonchev–Trinajstić information content (AvgIpc) is 3.08. The van der Waals surface area contributed by atoms with Crippen LogP contribution in [0.3, 0.4) is 0 Å². The molecule has 7 heteroatoms. The van der Waals surface area contributed by atoms with Crippen LogP contribution < -0.4 is 5.32 Å². The van der Waals surface area contributed by atoms with Crippen LogP contribution in [-0.4, -0.2) is 22.1 Å². The van der Waals surface area contributed by atoms with Gasteiger partial charge in [-0.15, -0.1) is 21.5 Å². The van der Waals surface area contributed by atoms with Crippen LogP contribution in [0.2, 0.25) is 0 Å². The second-order valence-corrected chi connectivity index (χ2v) is 7.55. The number of benzene rings is 1. The molecule has 122 valence electrons. The van der Waals surface area contributed by atoms with Crippen molar-refractivity contribution in [3.05, 3.63) is 53.4 Å². The largest absolute Gasteiger partial charge is 0.410 e. The van der Waals surface area contributed by atoms with E-state index in [0.717, 1.165) is 23.3 Å². The molecule has 0 spiro atoms. The van der Waals surface area contributed by atoms with Gasteiger partial charge in [-0.05, 0) is 41.6 Å². The van der Waals surface area contributed by atoms with E-state index in [2.05, 4.69) is 15.5 Å². The minimum atomic E-state index is -0.400. The first-order valence-corrected chi connectivity index (χ1v) is 9.45. The lowest BCUT2D eigenvalue weighted by Gasteiger charge is -2.14. The van der Waals surface area contributed by atoms with Crippen molar-refractivity contribution in [2.75, 3.05) is 0 Å². The number of hydrogen-bond donors (Lipinski definition) is 1. The summed E-state index contributed by atoms with van der Waals surface area (Å²) in [6, 6.07) is 13.9. The molecule has 1 N–H and O–H groups in total. The molecule has 1 aromatic carbocycles. The zero-order chi connectivity index (χ0) is 16.4. The van der Waals surface area contributed by atoms with Gasteiger partial charge < -0.3 is 9.73 Å². The molecule has 4 rings (SSSR count). The highest BCUT2D eigenvalue weighted by Crippen LogP contribution is 2.37. The topological polar surface area (TPSA) is 68.0 Å². The predicted octanol–water partition coefficient (Wildman–Crippen LogP) is 3.91. The molecular formula is C17H15N3O2S2. The van der Waals surface area contributed by atoms with E-state index in [1.54, 1.807) is 11.3 Å². The molecule has 1 atom stereocenters. The van der Waals surface area contributed by atoms with Crippen LogP contribution in [0.25, 0.3) is 10.8 Å². The van der Waals surface area contributed by atoms with Gasteiger partial charge in [0, 0.05) is 6.04 Å². The van der Waals surface area contributed by atoms with E-state index in [9.17, 15) is 4.79 Å². The lowest BCUT2D eigenvalue weighted by molar-refractivity contribution is -0.120. The first-order valence-electron chi connectivity index (χ1n) is 7.69. The van der Waals surface area contributed by atoms with Gasteiger partial charge in [0.1, 0.15) is 5.25 Å². The maximum Gasteiger partial charge on any atom is 0.278 e. The fourth-order valence-electron chi connectivity index (χ4n) is 2.26. The van der Waals surface area contributed by atoms with E-state index in [1.807, 2.05) is 47.8 Å². The maximum atomic E-state index is 12.6. The molecule has 3 aromatic rings. The van der Waals surface area contributed by atoms with Gasteiger partial charge in [0.2, 0.25) is 5.91 Å². The normalized spacial score (nSPS) is 15.2. The molecule has 2 heterocycles. The highest BCUT2D eigenvalue weighted by Gasteiger charge is 2.30. The third-order valence-corrected chi connectivity index (χ3v) is 5.57. The Morgan fingerprint density at radius 3 is 2.75 bits per heavy atom. The molecule has 0 radical (unpaired) electrons. The minimum Gasteiger partial charge on any atom is -0.410 e. The molecule has 1 aliphatic carbocycles. The second kappa shape index (κ2) is 6.78. The van der Waals surface area contributed by atoms with Crippen LogP contribution in [0.4, 0.5) is 0 Å².